The molecule has 0 aliphatic carbocycles. The Balaban J connectivity index is 4.54. The molecule has 7 nitrogen and oxygen atoms in total. The van der Waals surface area contributed by atoms with E-state index in [1.165, 1.54) is 16.7 Å². The molecular weight excluding hydrogens is 294 g/mol. The summed E-state index contributed by atoms with van der Waals surface area (Å²) in [5, 5.41) is 14.2. The number of likely N-dealkylation sites (N-methyl/N-ethyl adjacent to an activating group) is 1. The number of nitrogens with zero attached hydrogens (tertiary/aromatic N) is 1. The molecule has 3 N–H and O–H groups in total. The molecule has 0 rings (SSSR count). The lowest BCUT2D eigenvalue weighted by molar-refractivity contribution is -0.139. The highest BCUT2D eigenvalue weighted by Crippen LogP contribution is 2.02. The van der Waals surface area contributed by atoms with Crippen molar-refractivity contribution >= 4 is 29.7 Å². The number of aliphatic carboxylic acids is 1. The molecule has 0 bridgehead atoms. The fourth-order valence-corrected chi connectivity index (χ4v) is 2.07. The summed E-state index contributed by atoms with van der Waals surface area (Å²) in [5.41, 5.74) is 0. The Morgan fingerprint density at radius 3 is 2.29 bits per heavy atom. The quantitative estimate of drug-likeness (QED) is 0.582. The molecule has 21 heavy (non-hydrogen) atoms. The third-order valence-electron chi connectivity index (χ3n) is 2.66. The van der Waals surface area contributed by atoms with Gasteiger partial charge in [-0.25, -0.2) is 9.59 Å². The van der Waals surface area contributed by atoms with E-state index in [0.29, 0.717) is 18.7 Å². The fourth-order valence-electron chi connectivity index (χ4n) is 1.60. The van der Waals surface area contributed by atoms with Crippen molar-refractivity contribution in [3.8, 4) is 0 Å². The minimum atomic E-state index is -1.07. The van der Waals surface area contributed by atoms with E-state index in [0.717, 1.165) is 0 Å². The van der Waals surface area contributed by atoms with Crippen molar-refractivity contribution in [2.24, 2.45) is 0 Å². The Morgan fingerprint density at radius 2 is 1.86 bits per heavy atom. The van der Waals surface area contributed by atoms with E-state index < -0.39 is 18.0 Å². The van der Waals surface area contributed by atoms with Gasteiger partial charge in [0.25, 0.3) is 0 Å². The van der Waals surface area contributed by atoms with Crippen LogP contribution in [0, 0.1) is 0 Å². The topological polar surface area (TPSA) is 98.7 Å². The predicted molar refractivity (Wildman–Crippen MR) is 83.5 cm³/mol. The van der Waals surface area contributed by atoms with Crippen LogP contribution in [0.3, 0.4) is 0 Å². The van der Waals surface area contributed by atoms with Crippen LogP contribution in [0.2, 0.25) is 0 Å². The molecule has 0 radical (unpaired) electrons. The van der Waals surface area contributed by atoms with Crippen LogP contribution in [-0.4, -0.2) is 65.1 Å². The Bertz CT molecular complexity index is 363. The molecule has 0 saturated carbocycles. The number of carbonyl (C=O) groups excluding carboxylic acids is 2. The number of rotatable bonds is 9. The van der Waals surface area contributed by atoms with Gasteiger partial charge in [0.1, 0.15) is 12.6 Å². The zero-order valence-corrected chi connectivity index (χ0v) is 13.8. The van der Waals surface area contributed by atoms with Gasteiger partial charge in [-0.05, 0) is 39.2 Å². The van der Waals surface area contributed by atoms with Crippen LogP contribution in [-0.2, 0) is 9.59 Å². The summed E-state index contributed by atoms with van der Waals surface area (Å²) in [6, 6.07) is -1.48. The van der Waals surface area contributed by atoms with Crippen LogP contribution >= 0.6 is 11.8 Å². The van der Waals surface area contributed by atoms with Crippen molar-refractivity contribution in [1.29, 1.82) is 0 Å². The molecule has 3 amide bonds. The Hall–Kier alpha value is -1.44. The van der Waals surface area contributed by atoms with E-state index in [2.05, 4.69) is 10.6 Å². The lowest BCUT2D eigenvalue weighted by Gasteiger charge is -2.24. The van der Waals surface area contributed by atoms with Gasteiger partial charge in [-0.2, -0.15) is 11.8 Å². The fraction of sp³-hybridized carbons (Fsp3) is 0.769. The lowest BCUT2D eigenvalue weighted by atomic mass is 10.2. The van der Waals surface area contributed by atoms with Gasteiger partial charge >= 0.3 is 12.0 Å². The highest BCUT2D eigenvalue weighted by atomic mass is 32.2. The summed E-state index contributed by atoms with van der Waals surface area (Å²) in [7, 11) is 0. The summed E-state index contributed by atoms with van der Waals surface area (Å²) in [6.45, 7) is 5.63. The first-order valence-electron chi connectivity index (χ1n) is 6.88. The highest BCUT2D eigenvalue weighted by molar-refractivity contribution is 7.98. The number of hydrogen-bond donors (Lipinski definition) is 3. The van der Waals surface area contributed by atoms with Crippen molar-refractivity contribution in [3.05, 3.63) is 0 Å². The molecule has 0 fully saturated rings. The summed E-state index contributed by atoms with van der Waals surface area (Å²) in [6.07, 6.45) is 2.22. The van der Waals surface area contributed by atoms with Crippen LogP contribution in [0.15, 0.2) is 0 Å². The van der Waals surface area contributed by atoms with Gasteiger partial charge in [-0.1, -0.05) is 0 Å². The second-order valence-electron chi connectivity index (χ2n) is 4.86. The lowest BCUT2D eigenvalue weighted by Crippen LogP contribution is -2.51. The number of carboxylic acid groups (broad SMARTS) is 1. The van der Waals surface area contributed by atoms with E-state index in [4.69, 9.17) is 5.11 Å². The standard InChI is InChI=1S/C13H25N3O4S/c1-5-16(8-11(17)14-9(2)3)13(20)15-10(12(18)19)6-7-21-4/h9-10H,5-8H2,1-4H3,(H,14,17)(H,15,20)(H,18,19)/t10-/m0/s1. The maximum absolute atomic E-state index is 12.0. The van der Waals surface area contributed by atoms with Crippen LogP contribution in [0.4, 0.5) is 4.79 Å². The van der Waals surface area contributed by atoms with Gasteiger partial charge < -0.3 is 20.6 Å². The summed E-state index contributed by atoms with van der Waals surface area (Å²) < 4.78 is 0. The minimum Gasteiger partial charge on any atom is -0.480 e. The van der Waals surface area contributed by atoms with Crippen LogP contribution in [0.25, 0.3) is 0 Å². The summed E-state index contributed by atoms with van der Waals surface area (Å²) in [5.74, 6) is -0.699. The van der Waals surface area contributed by atoms with Crippen molar-refractivity contribution in [2.75, 3.05) is 25.1 Å². The monoisotopic (exact) mass is 319 g/mol. The Morgan fingerprint density at radius 1 is 1.24 bits per heavy atom. The molecule has 8 heteroatoms. The second-order valence-corrected chi connectivity index (χ2v) is 5.84. The number of hydrogen-bond acceptors (Lipinski definition) is 4. The first-order valence-corrected chi connectivity index (χ1v) is 8.27. The third-order valence-corrected chi connectivity index (χ3v) is 3.30. The molecule has 0 unspecified atom stereocenters. The van der Waals surface area contributed by atoms with Gasteiger partial charge in [-0.3, -0.25) is 4.79 Å². The molecular formula is C13H25N3O4S. The maximum atomic E-state index is 12.0. The minimum absolute atomic E-state index is 0.00684. The van der Waals surface area contributed by atoms with Gasteiger partial charge in [0.15, 0.2) is 0 Å². The zero-order valence-electron chi connectivity index (χ0n) is 13.0. The van der Waals surface area contributed by atoms with E-state index in [-0.39, 0.29) is 18.5 Å². The average molecular weight is 319 g/mol. The van der Waals surface area contributed by atoms with Crippen molar-refractivity contribution < 1.29 is 19.5 Å². The molecule has 0 saturated heterocycles. The van der Waals surface area contributed by atoms with Crippen molar-refractivity contribution in [1.82, 2.24) is 15.5 Å². The number of carboxylic acids is 1. The molecule has 0 heterocycles. The largest absolute Gasteiger partial charge is 0.480 e. The van der Waals surface area contributed by atoms with Gasteiger partial charge in [0, 0.05) is 12.6 Å². The number of carbonyl (C=O) groups is 3. The second kappa shape index (κ2) is 10.3. The maximum Gasteiger partial charge on any atom is 0.326 e. The summed E-state index contributed by atoms with van der Waals surface area (Å²) >= 11 is 1.51. The molecule has 0 aliphatic heterocycles. The molecule has 0 aliphatic rings. The van der Waals surface area contributed by atoms with Crippen molar-refractivity contribution in [2.45, 2.75) is 39.3 Å². The molecule has 0 aromatic rings. The Kier molecular flexibility index (Phi) is 9.60. The molecule has 122 valence electrons. The van der Waals surface area contributed by atoms with Crippen molar-refractivity contribution in [3.63, 3.8) is 0 Å². The smallest absolute Gasteiger partial charge is 0.326 e. The highest BCUT2D eigenvalue weighted by Gasteiger charge is 2.23. The third kappa shape index (κ3) is 8.44. The van der Waals surface area contributed by atoms with E-state index in [1.807, 2.05) is 20.1 Å². The zero-order chi connectivity index (χ0) is 16.4. The normalized spacial score (nSPS) is 11.9. The Labute approximate surface area is 129 Å². The first kappa shape index (κ1) is 19.6. The molecule has 0 spiro atoms. The van der Waals surface area contributed by atoms with Gasteiger partial charge in [-0.15, -0.1) is 0 Å². The molecule has 0 aromatic carbocycles. The van der Waals surface area contributed by atoms with E-state index in [1.54, 1.807) is 6.92 Å². The van der Waals surface area contributed by atoms with Gasteiger partial charge in [0.05, 0.1) is 0 Å². The SMILES string of the molecule is CCN(CC(=O)NC(C)C)C(=O)N[C@@H](CCSC)C(=O)O. The van der Waals surface area contributed by atoms with E-state index in [9.17, 15) is 14.4 Å². The number of amides is 3. The van der Waals surface area contributed by atoms with E-state index >= 15 is 0 Å². The molecule has 1 atom stereocenters. The van der Waals surface area contributed by atoms with Crippen LogP contribution < -0.4 is 10.6 Å². The predicted octanol–water partition coefficient (Wildman–Crippen LogP) is 0.749. The van der Waals surface area contributed by atoms with Gasteiger partial charge in [0.2, 0.25) is 5.91 Å². The number of urea groups is 1. The first-order chi connectivity index (χ1) is 9.81. The molecule has 0 aromatic heterocycles. The number of thioether (sulfide) groups is 1. The average Bonchev–Trinajstić information content (AvgIpc) is 2.39. The number of nitrogens with one attached hydrogen (secondary N) is 2. The summed E-state index contributed by atoms with van der Waals surface area (Å²) in [4.78, 5) is 36.1. The van der Waals surface area contributed by atoms with Crippen LogP contribution in [0.5, 0.6) is 0 Å². The van der Waals surface area contributed by atoms with Crippen LogP contribution in [0.1, 0.15) is 27.2 Å².